The number of amides is 4. The third-order valence-corrected chi connectivity index (χ3v) is 6.55. The molecule has 0 unspecified atom stereocenters. The Morgan fingerprint density at radius 3 is 2.41 bits per heavy atom. The molecular formula is C30H30N6O3. The van der Waals surface area contributed by atoms with Crippen molar-refractivity contribution in [3.05, 3.63) is 95.2 Å². The Morgan fingerprint density at radius 1 is 0.974 bits per heavy atom. The molecule has 9 nitrogen and oxygen atoms in total. The average molecular weight is 523 g/mol. The van der Waals surface area contributed by atoms with Gasteiger partial charge in [0, 0.05) is 29.3 Å². The molecule has 0 aliphatic carbocycles. The van der Waals surface area contributed by atoms with Crippen LogP contribution in [0.5, 0.6) is 0 Å². The highest BCUT2D eigenvalue weighted by molar-refractivity contribution is 6.01. The van der Waals surface area contributed by atoms with Gasteiger partial charge in [-0.25, -0.2) is 9.48 Å². The number of urea groups is 1. The minimum Gasteiger partial charge on any atom is -0.369 e. The van der Waals surface area contributed by atoms with Crippen LogP contribution in [0.15, 0.2) is 72.8 Å². The number of nitrogens with one attached hydrogen (secondary N) is 3. The second-order valence-electron chi connectivity index (χ2n) is 10.6. The van der Waals surface area contributed by atoms with Crippen molar-refractivity contribution in [2.45, 2.75) is 39.2 Å². The molecule has 5 N–H and O–H groups in total. The molecule has 0 fully saturated rings. The molecule has 1 aliphatic rings. The fourth-order valence-electron chi connectivity index (χ4n) is 4.57. The summed E-state index contributed by atoms with van der Waals surface area (Å²) < 4.78 is 1.65. The molecule has 0 radical (unpaired) electrons. The number of carbonyl (C=O) groups excluding carboxylic acids is 3. The maximum atomic E-state index is 13.0. The van der Waals surface area contributed by atoms with Crippen LogP contribution >= 0.6 is 0 Å². The van der Waals surface area contributed by atoms with Crippen LogP contribution in [0.25, 0.3) is 16.8 Å². The van der Waals surface area contributed by atoms with E-state index in [0.717, 1.165) is 27.9 Å². The van der Waals surface area contributed by atoms with Crippen molar-refractivity contribution in [2.24, 2.45) is 5.73 Å². The van der Waals surface area contributed by atoms with Crippen LogP contribution in [0.1, 0.15) is 48.0 Å². The van der Waals surface area contributed by atoms with Crippen LogP contribution in [0.3, 0.4) is 0 Å². The highest BCUT2D eigenvalue weighted by Crippen LogP contribution is 2.30. The van der Waals surface area contributed by atoms with Gasteiger partial charge in [0.25, 0.3) is 5.91 Å². The Hall–Kier alpha value is -4.92. The zero-order valence-corrected chi connectivity index (χ0v) is 22.0. The first-order valence-corrected chi connectivity index (χ1v) is 12.7. The average Bonchev–Trinajstić information content (AvgIpc) is 3.48. The molecule has 198 valence electrons. The quantitative estimate of drug-likeness (QED) is 0.291. The second kappa shape index (κ2) is 10.1. The Balaban J connectivity index is 1.36. The molecule has 0 atom stereocenters. The molecule has 4 aromatic rings. The summed E-state index contributed by atoms with van der Waals surface area (Å²) >= 11 is 0. The van der Waals surface area contributed by atoms with Crippen molar-refractivity contribution in [3.8, 4) is 16.8 Å². The first-order valence-electron chi connectivity index (χ1n) is 12.7. The molecule has 0 saturated heterocycles. The fourth-order valence-corrected chi connectivity index (χ4v) is 4.57. The zero-order chi connectivity index (χ0) is 27.7. The highest BCUT2D eigenvalue weighted by Gasteiger charge is 2.23. The summed E-state index contributed by atoms with van der Waals surface area (Å²) in [5.74, 6) is 0.00564. The van der Waals surface area contributed by atoms with Crippen LogP contribution in [0.2, 0.25) is 0 Å². The minimum atomic E-state index is -0.423. The summed E-state index contributed by atoms with van der Waals surface area (Å²) in [6.45, 7) is 6.64. The lowest BCUT2D eigenvalue weighted by molar-refractivity contribution is -0.117. The predicted octanol–water partition coefficient (Wildman–Crippen LogP) is 4.75. The first kappa shape index (κ1) is 25.7. The lowest BCUT2D eigenvalue weighted by Gasteiger charge is -2.14. The van der Waals surface area contributed by atoms with Crippen molar-refractivity contribution >= 4 is 29.4 Å². The zero-order valence-electron chi connectivity index (χ0n) is 22.0. The molecule has 0 bridgehead atoms. The van der Waals surface area contributed by atoms with Gasteiger partial charge in [0.2, 0.25) is 5.91 Å². The maximum Gasteiger partial charge on any atom is 0.324 e. The monoisotopic (exact) mass is 522 g/mol. The molecule has 1 aromatic heterocycles. The van der Waals surface area contributed by atoms with Crippen LogP contribution in [0, 0.1) is 0 Å². The smallest absolute Gasteiger partial charge is 0.324 e. The first-order chi connectivity index (χ1) is 18.6. The van der Waals surface area contributed by atoms with E-state index in [4.69, 9.17) is 10.8 Å². The molecule has 0 saturated carbocycles. The van der Waals surface area contributed by atoms with Crippen molar-refractivity contribution in [2.75, 3.05) is 10.6 Å². The van der Waals surface area contributed by atoms with Crippen molar-refractivity contribution in [1.29, 1.82) is 0 Å². The number of benzene rings is 3. The van der Waals surface area contributed by atoms with E-state index in [2.05, 4.69) is 16.0 Å². The van der Waals surface area contributed by atoms with E-state index < -0.39 is 11.9 Å². The van der Waals surface area contributed by atoms with Crippen LogP contribution in [-0.4, -0.2) is 27.6 Å². The Labute approximate surface area is 226 Å². The number of hydrogen-bond acceptors (Lipinski definition) is 4. The Bertz CT molecular complexity index is 1580. The predicted molar refractivity (Wildman–Crippen MR) is 151 cm³/mol. The van der Waals surface area contributed by atoms with Gasteiger partial charge < -0.3 is 16.4 Å². The molecule has 5 rings (SSSR count). The third-order valence-electron chi connectivity index (χ3n) is 6.55. The van der Waals surface area contributed by atoms with Gasteiger partial charge in [-0.3, -0.25) is 14.9 Å². The number of fused-ring (bicyclic) bond motifs is 1. The van der Waals surface area contributed by atoms with E-state index in [0.29, 0.717) is 29.3 Å². The molecule has 3 aromatic carbocycles. The number of rotatable bonds is 6. The standard InChI is InChI=1S/C30H30N6O3/c1-30(2,3)25-16-27(36(35-25)21-7-4-6-18(14-21)15-26(31)37)34-29(39)33-20-12-10-19(11-13-20)22-8-5-9-23-24(22)17-32-28(23)38/h4-14,16H,15,17H2,1-3H3,(H2,31,37)(H,32,38)(H2,33,34,39). The Kier molecular flexibility index (Phi) is 6.66. The SMILES string of the molecule is CC(C)(C)c1cc(NC(=O)Nc2ccc(-c3cccc4c3CNC4=O)cc2)n(-c2cccc(CC(N)=O)c2)n1. The van der Waals surface area contributed by atoms with Crippen LogP contribution < -0.4 is 21.7 Å². The topological polar surface area (TPSA) is 131 Å². The lowest BCUT2D eigenvalue weighted by Crippen LogP contribution is -2.21. The van der Waals surface area contributed by atoms with Crippen LogP contribution in [-0.2, 0) is 23.2 Å². The van der Waals surface area contributed by atoms with Gasteiger partial charge in [-0.1, -0.05) is 57.2 Å². The molecule has 4 amide bonds. The van der Waals surface area contributed by atoms with E-state index >= 15 is 0 Å². The van der Waals surface area contributed by atoms with Gasteiger partial charge in [-0.15, -0.1) is 0 Å². The van der Waals surface area contributed by atoms with E-state index in [-0.39, 0.29) is 17.7 Å². The van der Waals surface area contributed by atoms with E-state index in [1.807, 2.05) is 93.6 Å². The summed E-state index contributed by atoms with van der Waals surface area (Å²) in [4.78, 5) is 36.4. The Morgan fingerprint density at radius 2 is 1.69 bits per heavy atom. The summed E-state index contributed by atoms with van der Waals surface area (Å²) in [6.07, 6.45) is 0.110. The van der Waals surface area contributed by atoms with Gasteiger partial charge in [0.1, 0.15) is 5.82 Å². The van der Waals surface area contributed by atoms with Gasteiger partial charge in [0.15, 0.2) is 0 Å². The van der Waals surface area contributed by atoms with Crippen LogP contribution in [0.4, 0.5) is 16.3 Å². The molecule has 2 heterocycles. The van der Waals surface area contributed by atoms with E-state index in [9.17, 15) is 14.4 Å². The van der Waals surface area contributed by atoms with Gasteiger partial charge in [0.05, 0.1) is 17.8 Å². The molecule has 1 aliphatic heterocycles. The van der Waals surface area contributed by atoms with Crippen molar-refractivity contribution < 1.29 is 14.4 Å². The molecule has 9 heteroatoms. The largest absolute Gasteiger partial charge is 0.369 e. The maximum absolute atomic E-state index is 13.0. The number of nitrogens with zero attached hydrogens (tertiary/aromatic N) is 2. The summed E-state index contributed by atoms with van der Waals surface area (Å²) in [5.41, 5.74) is 11.6. The second-order valence-corrected chi connectivity index (χ2v) is 10.6. The van der Waals surface area contributed by atoms with Crippen molar-refractivity contribution in [1.82, 2.24) is 15.1 Å². The summed E-state index contributed by atoms with van der Waals surface area (Å²) in [6, 6.07) is 21.9. The van der Waals surface area contributed by atoms with Gasteiger partial charge in [-0.2, -0.15) is 5.10 Å². The number of hydrogen-bond donors (Lipinski definition) is 4. The van der Waals surface area contributed by atoms with E-state index in [1.165, 1.54) is 0 Å². The number of anilines is 2. The summed E-state index contributed by atoms with van der Waals surface area (Å²) in [5, 5.41) is 13.4. The number of primary amides is 1. The molecule has 0 spiro atoms. The number of carbonyl (C=O) groups is 3. The van der Waals surface area contributed by atoms with Gasteiger partial charge in [-0.05, 0) is 52.6 Å². The molecule has 39 heavy (non-hydrogen) atoms. The summed E-state index contributed by atoms with van der Waals surface area (Å²) in [7, 11) is 0. The van der Waals surface area contributed by atoms with E-state index in [1.54, 1.807) is 4.68 Å². The van der Waals surface area contributed by atoms with Gasteiger partial charge >= 0.3 is 6.03 Å². The fraction of sp³-hybridized carbons (Fsp3) is 0.200. The van der Waals surface area contributed by atoms with Crippen molar-refractivity contribution in [3.63, 3.8) is 0 Å². The third kappa shape index (κ3) is 5.52. The highest BCUT2D eigenvalue weighted by atomic mass is 16.2. The minimum absolute atomic E-state index is 0.0599. The number of aromatic nitrogens is 2. The number of nitrogens with two attached hydrogens (primary N) is 1. The normalized spacial score (nSPS) is 12.5. The molecular weight excluding hydrogens is 492 g/mol. The lowest BCUT2D eigenvalue weighted by atomic mass is 9.92.